The van der Waals surface area contributed by atoms with Crippen molar-refractivity contribution in [2.24, 2.45) is 4.99 Å². The average Bonchev–Trinajstić information content (AvgIpc) is 2.79. The fourth-order valence-corrected chi connectivity index (χ4v) is 3.97. The molecule has 0 unspecified atom stereocenters. The molecule has 2 nitrogen and oxygen atoms in total. The zero-order chi connectivity index (χ0) is 14.2. The standard InChI is InChI=1S/C14H15F3N2S/c15-10-6-9(7-11(16)12(10)17)18-13-19-14(8-20-13)4-2-1-3-5-14/h6-7H,1-5,8H2,(H,18,19). The van der Waals surface area contributed by atoms with Crippen LogP contribution in [0.4, 0.5) is 18.9 Å². The van der Waals surface area contributed by atoms with E-state index in [0.717, 1.165) is 30.7 Å². The van der Waals surface area contributed by atoms with E-state index in [-0.39, 0.29) is 11.2 Å². The first kappa shape index (κ1) is 13.8. The first-order chi connectivity index (χ1) is 9.58. The lowest BCUT2D eigenvalue weighted by molar-refractivity contribution is 0.335. The Balaban J connectivity index is 1.77. The van der Waals surface area contributed by atoms with Crippen molar-refractivity contribution in [3.63, 3.8) is 0 Å². The first-order valence-corrected chi connectivity index (χ1v) is 7.71. The Morgan fingerprint density at radius 3 is 2.35 bits per heavy atom. The predicted octanol–water partition coefficient (Wildman–Crippen LogP) is 4.32. The number of thioether (sulfide) groups is 1. The van der Waals surface area contributed by atoms with Crippen LogP contribution >= 0.6 is 11.8 Å². The maximum absolute atomic E-state index is 13.2. The summed E-state index contributed by atoms with van der Waals surface area (Å²) in [5.41, 5.74) is 0.183. The molecule has 1 aromatic carbocycles. The third kappa shape index (κ3) is 2.66. The summed E-state index contributed by atoms with van der Waals surface area (Å²) in [5.74, 6) is -2.92. The van der Waals surface area contributed by atoms with Crippen molar-refractivity contribution in [1.82, 2.24) is 0 Å². The number of hydrogen-bond donors (Lipinski definition) is 1. The molecule has 0 saturated heterocycles. The minimum Gasteiger partial charge on any atom is -0.335 e. The van der Waals surface area contributed by atoms with E-state index < -0.39 is 17.5 Å². The molecule has 0 atom stereocenters. The first-order valence-electron chi connectivity index (χ1n) is 6.72. The number of benzene rings is 1. The highest BCUT2D eigenvalue weighted by atomic mass is 32.2. The maximum atomic E-state index is 13.2. The lowest BCUT2D eigenvalue weighted by Gasteiger charge is -2.29. The van der Waals surface area contributed by atoms with Gasteiger partial charge in [0.1, 0.15) is 0 Å². The van der Waals surface area contributed by atoms with E-state index in [1.165, 1.54) is 19.3 Å². The van der Waals surface area contributed by atoms with Gasteiger partial charge in [-0.15, -0.1) is 0 Å². The van der Waals surface area contributed by atoms with E-state index in [1.54, 1.807) is 11.8 Å². The van der Waals surface area contributed by atoms with Crippen LogP contribution in [0.3, 0.4) is 0 Å². The molecule has 1 aliphatic heterocycles. The van der Waals surface area contributed by atoms with Gasteiger partial charge in [-0.1, -0.05) is 31.0 Å². The fourth-order valence-electron chi connectivity index (χ4n) is 2.76. The second kappa shape index (κ2) is 5.31. The van der Waals surface area contributed by atoms with Gasteiger partial charge in [0.05, 0.1) is 5.54 Å². The van der Waals surface area contributed by atoms with Crippen molar-refractivity contribution in [3.8, 4) is 0 Å². The van der Waals surface area contributed by atoms with Gasteiger partial charge in [-0.25, -0.2) is 13.2 Å². The second-order valence-corrected chi connectivity index (χ2v) is 6.33. The fraction of sp³-hybridized carbons (Fsp3) is 0.500. The SMILES string of the molecule is Fc1cc(NC2=NC3(CCCCC3)CS2)cc(F)c1F. The third-order valence-electron chi connectivity index (χ3n) is 3.84. The monoisotopic (exact) mass is 300 g/mol. The minimum absolute atomic E-state index is 0.0115. The van der Waals surface area contributed by atoms with Crippen LogP contribution < -0.4 is 5.32 Å². The molecule has 108 valence electrons. The van der Waals surface area contributed by atoms with Crippen molar-refractivity contribution in [1.29, 1.82) is 0 Å². The summed E-state index contributed by atoms with van der Waals surface area (Å²) in [4.78, 5) is 4.69. The van der Waals surface area contributed by atoms with Gasteiger partial charge in [0, 0.05) is 23.6 Å². The maximum Gasteiger partial charge on any atom is 0.194 e. The zero-order valence-electron chi connectivity index (χ0n) is 10.9. The summed E-state index contributed by atoms with van der Waals surface area (Å²) in [5, 5.41) is 3.55. The van der Waals surface area contributed by atoms with Gasteiger partial charge in [0.25, 0.3) is 0 Å². The van der Waals surface area contributed by atoms with Crippen LogP contribution in [0.5, 0.6) is 0 Å². The summed E-state index contributed by atoms with van der Waals surface area (Å²) in [6.07, 6.45) is 5.74. The summed E-state index contributed by atoms with van der Waals surface area (Å²) in [7, 11) is 0. The molecule has 1 heterocycles. The Morgan fingerprint density at radius 1 is 1.05 bits per heavy atom. The number of aliphatic imine (C=N–C) groups is 1. The summed E-state index contributed by atoms with van der Waals surface area (Å²) in [6, 6.07) is 1.90. The Morgan fingerprint density at radius 2 is 1.70 bits per heavy atom. The summed E-state index contributed by atoms with van der Waals surface area (Å²) >= 11 is 1.56. The van der Waals surface area contributed by atoms with E-state index in [0.29, 0.717) is 5.17 Å². The number of nitrogens with zero attached hydrogens (tertiary/aromatic N) is 1. The Bertz CT molecular complexity index is 530. The summed E-state index contributed by atoms with van der Waals surface area (Å²) < 4.78 is 39.2. The Kier molecular flexibility index (Phi) is 3.67. The highest BCUT2D eigenvalue weighted by Crippen LogP contribution is 2.39. The topological polar surface area (TPSA) is 24.4 Å². The van der Waals surface area contributed by atoms with Gasteiger partial charge in [-0.05, 0) is 12.8 Å². The second-order valence-electron chi connectivity index (χ2n) is 5.37. The molecular formula is C14H15F3N2S. The number of rotatable bonds is 1. The zero-order valence-corrected chi connectivity index (χ0v) is 11.7. The number of anilines is 1. The van der Waals surface area contributed by atoms with Crippen LogP contribution in [-0.4, -0.2) is 16.5 Å². The molecule has 1 fully saturated rings. The highest BCUT2D eigenvalue weighted by molar-refractivity contribution is 8.14. The number of amidine groups is 1. The normalized spacial score (nSPS) is 21.1. The van der Waals surface area contributed by atoms with Gasteiger partial charge in [-0.3, -0.25) is 4.99 Å². The molecule has 0 amide bonds. The van der Waals surface area contributed by atoms with Crippen molar-refractivity contribution in [2.45, 2.75) is 37.6 Å². The van der Waals surface area contributed by atoms with Gasteiger partial charge in [0.2, 0.25) is 0 Å². The van der Waals surface area contributed by atoms with Crippen molar-refractivity contribution < 1.29 is 13.2 Å². The van der Waals surface area contributed by atoms with Crippen LogP contribution in [0.25, 0.3) is 0 Å². The van der Waals surface area contributed by atoms with E-state index in [9.17, 15) is 13.2 Å². The van der Waals surface area contributed by atoms with Crippen LogP contribution in [0, 0.1) is 17.5 Å². The Labute approximate surface area is 119 Å². The van der Waals surface area contributed by atoms with Crippen LogP contribution in [0.1, 0.15) is 32.1 Å². The number of halogens is 3. The third-order valence-corrected chi connectivity index (χ3v) is 4.98. The van der Waals surface area contributed by atoms with Crippen LogP contribution in [-0.2, 0) is 0 Å². The molecular weight excluding hydrogens is 285 g/mol. The quantitative estimate of drug-likeness (QED) is 0.781. The molecule has 1 aromatic rings. The van der Waals surface area contributed by atoms with Gasteiger partial charge >= 0.3 is 0 Å². The molecule has 1 spiro atoms. The van der Waals surface area contributed by atoms with Crippen LogP contribution in [0.2, 0.25) is 0 Å². The molecule has 2 aliphatic rings. The molecule has 1 saturated carbocycles. The molecule has 6 heteroatoms. The smallest absolute Gasteiger partial charge is 0.194 e. The highest BCUT2D eigenvalue weighted by Gasteiger charge is 2.36. The largest absolute Gasteiger partial charge is 0.335 e. The molecule has 0 bridgehead atoms. The number of nitrogens with one attached hydrogen (secondary N) is 1. The van der Waals surface area contributed by atoms with E-state index >= 15 is 0 Å². The van der Waals surface area contributed by atoms with Crippen molar-refractivity contribution >= 4 is 22.6 Å². The van der Waals surface area contributed by atoms with E-state index in [1.807, 2.05) is 0 Å². The van der Waals surface area contributed by atoms with E-state index in [4.69, 9.17) is 0 Å². The van der Waals surface area contributed by atoms with Gasteiger partial charge in [-0.2, -0.15) is 0 Å². The van der Waals surface area contributed by atoms with Crippen molar-refractivity contribution in [3.05, 3.63) is 29.6 Å². The summed E-state index contributed by atoms with van der Waals surface area (Å²) in [6.45, 7) is 0. The van der Waals surface area contributed by atoms with Gasteiger partial charge < -0.3 is 5.32 Å². The lowest BCUT2D eigenvalue weighted by atomic mass is 9.84. The lowest BCUT2D eigenvalue weighted by Crippen LogP contribution is -2.29. The molecule has 3 rings (SSSR count). The van der Waals surface area contributed by atoms with E-state index in [2.05, 4.69) is 10.3 Å². The molecule has 1 N–H and O–H groups in total. The molecule has 1 aliphatic carbocycles. The minimum atomic E-state index is -1.44. The average molecular weight is 300 g/mol. The number of hydrogen-bond acceptors (Lipinski definition) is 3. The van der Waals surface area contributed by atoms with Crippen LogP contribution in [0.15, 0.2) is 17.1 Å². The molecule has 0 radical (unpaired) electrons. The van der Waals surface area contributed by atoms with Gasteiger partial charge in [0.15, 0.2) is 22.6 Å². The van der Waals surface area contributed by atoms with Crippen molar-refractivity contribution in [2.75, 3.05) is 11.1 Å². The predicted molar refractivity (Wildman–Crippen MR) is 75.6 cm³/mol. The Hall–Kier alpha value is -1.17. The molecule has 0 aromatic heterocycles. The molecule has 20 heavy (non-hydrogen) atoms.